The molecular weight excluding hydrogens is 114 g/mol. The van der Waals surface area contributed by atoms with Gasteiger partial charge in [0.05, 0.1) is 0 Å². The molecule has 10 heavy (non-hydrogen) atoms. The van der Waals surface area contributed by atoms with Crippen LogP contribution in [0.3, 0.4) is 0 Å². The maximum absolute atomic E-state index is 3.69. The second kappa shape index (κ2) is 10.1. The normalized spacial score (nSPS) is 9.00. The van der Waals surface area contributed by atoms with Crippen LogP contribution >= 0.6 is 0 Å². The fourth-order valence-corrected chi connectivity index (χ4v) is 0.341. The molecule has 2 nitrogen and oxygen atoms in total. The maximum atomic E-state index is 3.69. The van der Waals surface area contributed by atoms with Crippen LogP contribution in [0.1, 0.15) is 0 Å². The minimum atomic E-state index is 0. The molecule has 0 radical (unpaired) electrons. The van der Waals surface area contributed by atoms with Gasteiger partial charge in [0.15, 0.2) is 0 Å². The third kappa shape index (κ3) is 16.1. The topological polar surface area (TPSA) is 6.48 Å². The van der Waals surface area contributed by atoms with E-state index in [4.69, 9.17) is 0 Å². The zero-order valence-electron chi connectivity index (χ0n) is 7.72. The largest absolute Gasteiger partial charge is 1.00 e. The molecule has 0 aliphatic rings. The smallest absolute Gasteiger partial charge is 0.461 e. The van der Waals surface area contributed by atoms with E-state index in [1.807, 2.05) is 23.9 Å². The number of hydrogen-bond acceptors (Lipinski definition) is 2. The minimum Gasteiger partial charge on any atom is -0.461 e. The molecular formula is C6H14Li2N2. The molecule has 0 spiro atoms. The molecule has 0 bridgehead atoms. The van der Waals surface area contributed by atoms with Gasteiger partial charge in [-0.3, -0.25) is 14.1 Å². The zero-order chi connectivity index (χ0) is 6.57. The summed E-state index contributed by atoms with van der Waals surface area (Å²) >= 11 is 0. The van der Waals surface area contributed by atoms with Crippen LogP contribution in [0.15, 0.2) is 0 Å². The van der Waals surface area contributed by atoms with Crippen LogP contribution in [-0.2, 0) is 0 Å². The van der Waals surface area contributed by atoms with Gasteiger partial charge in [0, 0.05) is 0 Å². The summed E-state index contributed by atoms with van der Waals surface area (Å²) in [5.41, 5.74) is 0. The molecule has 0 saturated carbocycles. The third-order valence-electron chi connectivity index (χ3n) is 0.863. The van der Waals surface area contributed by atoms with Gasteiger partial charge in [-0.1, -0.05) is 0 Å². The Bertz CT molecular complexity index is 49.7. The molecule has 0 aromatic carbocycles. The van der Waals surface area contributed by atoms with Gasteiger partial charge in [-0.25, -0.2) is 0 Å². The molecule has 0 unspecified atom stereocenters. The number of nitrogens with zero attached hydrogens (tertiary/aromatic N) is 2. The van der Waals surface area contributed by atoms with Crippen molar-refractivity contribution in [2.24, 2.45) is 0 Å². The molecule has 0 fully saturated rings. The summed E-state index contributed by atoms with van der Waals surface area (Å²) in [6, 6.07) is 0. The molecule has 0 amide bonds. The van der Waals surface area contributed by atoms with Gasteiger partial charge in [-0.2, -0.15) is 0 Å². The first-order chi connectivity index (χ1) is 3.63. The second-order valence-electron chi connectivity index (χ2n) is 2.16. The quantitative estimate of drug-likeness (QED) is 0.276. The van der Waals surface area contributed by atoms with Crippen LogP contribution in [0.25, 0.3) is 0 Å². The van der Waals surface area contributed by atoms with E-state index in [9.17, 15) is 0 Å². The summed E-state index contributed by atoms with van der Waals surface area (Å²) in [7, 11) is 11.3. The first-order valence-electron chi connectivity index (χ1n) is 2.66. The summed E-state index contributed by atoms with van der Waals surface area (Å²) in [6.07, 6.45) is 0. The number of likely N-dealkylation sites (N-methyl/N-ethyl adjacent to an activating group) is 2. The van der Waals surface area contributed by atoms with Gasteiger partial charge in [0.25, 0.3) is 0 Å². The van der Waals surface area contributed by atoms with Crippen LogP contribution in [0.2, 0.25) is 0 Å². The molecule has 0 aromatic rings. The van der Waals surface area contributed by atoms with Gasteiger partial charge >= 0.3 is 37.7 Å². The summed E-state index contributed by atoms with van der Waals surface area (Å²) in [4.78, 5) is 3.78. The molecule has 4 heteroatoms. The van der Waals surface area contributed by atoms with Crippen LogP contribution in [-0.4, -0.2) is 37.0 Å². The van der Waals surface area contributed by atoms with E-state index in [1.165, 1.54) is 0 Å². The van der Waals surface area contributed by atoms with Crippen molar-refractivity contribution in [2.75, 3.05) is 27.2 Å². The first-order valence-corrected chi connectivity index (χ1v) is 2.66. The fraction of sp³-hybridized carbons (Fsp3) is 0.667. The Balaban J connectivity index is -0.000000245. The molecule has 0 aromatic heterocycles. The summed E-state index contributed by atoms with van der Waals surface area (Å²) in [5.74, 6) is 0. The van der Waals surface area contributed by atoms with Gasteiger partial charge in [0.1, 0.15) is 0 Å². The second-order valence-corrected chi connectivity index (χ2v) is 2.16. The van der Waals surface area contributed by atoms with Gasteiger partial charge in [-0.15, -0.1) is 0 Å². The van der Waals surface area contributed by atoms with E-state index in [1.54, 1.807) is 0 Å². The van der Waals surface area contributed by atoms with Crippen molar-refractivity contribution in [3.05, 3.63) is 14.1 Å². The van der Waals surface area contributed by atoms with Crippen LogP contribution in [0, 0.1) is 14.1 Å². The molecule has 0 aliphatic heterocycles. The summed E-state index contributed by atoms with van der Waals surface area (Å²) < 4.78 is 0. The van der Waals surface area contributed by atoms with Crippen molar-refractivity contribution in [3.8, 4) is 0 Å². The van der Waals surface area contributed by atoms with E-state index >= 15 is 0 Å². The predicted molar refractivity (Wildman–Crippen MR) is 36.0 cm³/mol. The Morgan fingerprint density at radius 3 is 1.20 bits per heavy atom. The van der Waals surface area contributed by atoms with Crippen LogP contribution < -0.4 is 37.7 Å². The van der Waals surface area contributed by atoms with E-state index in [0.717, 1.165) is 13.1 Å². The average Bonchev–Trinajstić information content (AvgIpc) is 1.61. The molecule has 0 heterocycles. The monoisotopic (exact) mass is 128 g/mol. The Hall–Kier alpha value is 1.11. The predicted octanol–water partition coefficient (Wildman–Crippen LogP) is -5.56. The summed E-state index contributed by atoms with van der Waals surface area (Å²) in [6.45, 7) is 1.94. The van der Waals surface area contributed by atoms with Crippen molar-refractivity contribution >= 4 is 0 Å². The van der Waals surface area contributed by atoms with E-state index in [0.29, 0.717) is 0 Å². The standard InChI is InChI=1S/C6H14N2.2Li/c1-7(2)5-6-8(3)4;;/h1,3,5-6H2,2,4H3;;/q-2;2*+1. The van der Waals surface area contributed by atoms with Crippen molar-refractivity contribution in [2.45, 2.75) is 0 Å². The molecule has 0 atom stereocenters. The van der Waals surface area contributed by atoms with Crippen LogP contribution in [0.5, 0.6) is 0 Å². The van der Waals surface area contributed by atoms with Crippen molar-refractivity contribution in [1.82, 2.24) is 9.80 Å². The van der Waals surface area contributed by atoms with Gasteiger partial charge < -0.3 is 9.80 Å². The molecule has 0 N–H and O–H groups in total. The molecule has 0 saturated heterocycles. The maximum Gasteiger partial charge on any atom is 1.00 e. The SMILES string of the molecule is [CH2-]N(C)CCN([CH2-])C.[Li+].[Li+]. The van der Waals surface area contributed by atoms with E-state index in [-0.39, 0.29) is 37.7 Å². The van der Waals surface area contributed by atoms with Crippen molar-refractivity contribution < 1.29 is 37.7 Å². The number of hydrogen-bond donors (Lipinski definition) is 0. The van der Waals surface area contributed by atoms with E-state index < -0.39 is 0 Å². The van der Waals surface area contributed by atoms with Crippen molar-refractivity contribution in [3.63, 3.8) is 0 Å². The van der Waals surface area contributed by atoms with Gasteiger partial charge in [0.2, 0.25) is 0 Å². The Labute approximate surface area is 88.7 Å². The first kappa shape index (κ1) is 17.3. The zero-order valence-corrected chi connectivity index (χ0v) is 7.72. The Morgan fingerprint density at radius 1 is 0.900 bits per heavy atom. The fourth-order valence-electron chi connectivity index (χ4n) is 0.341. The molecule has 0 aliphatic carbocycles. The minimum absolute atomic E-state index is 0. The summed E-state index contributed by atoms with van der Waals surface area (Å²) in [5, 5.41) is 0. The third-order valence-corrected chi connectivity index (χ3v) is 0.863. The van der Waals surface area contributed by atoms with Gasteiger partial charge in [-0.05, 0) is 27.2 Å². The Morgan fingerprint density at radius 2 is 1.10 bits per heavy atom. The number of rotatable bonds is 3. The molecule has 0 rings (SSSR count). The average molecular weight is 128 g/mol. The van der Waals surface area contributed by atoms with Crippen molar-refractivity contribution in [1.29, 1.82) is 0 Å². The van der Waals surface area contributed by atoms with Crippen LogP contribution in [0.4, 0.5) is 0 Å². The Kier molecular flexibility index (Phi) is 17.5. The van der Waals surface area contributed by atoms with E-state index in [2.05, 4.69) is 14.1 Å². The molecule has 50 valence electrons.